The Morgan fingerprint density at radius 2 is 1.54 bits per heavy atom. The number of ketones is 1. The van der Waals surface area contributed by atoms with Gasteiger partial charge in [-0.05, 0) is 70.3 Å². The van der Waals surface area contributed by atoms with Crippen molar-refractivity contribution >= 4 is 23.6 Å². The van der Waals surface area contributed by atoms with Gasteiger partial charge < -0.3 is 5.32 Å². The Kier molecular flexibility index (Phi) is 8.14. The van der Waals surface area contributed by atoms with Crippen molar-refractivity contribution in [2.45, 2.75) is 121 Å². The highest BCUT2D eigenvalue weighted by molar-refractivity contribution is 6.21. The minimum absolute atomic E-state index is 0.0139. The monoisotopic (exact) mass is 485 g/mol. The fraction of sp³-hybridized carbons (Fsp3) is 0.786. The Morgan fingerprint density at radius 1 is 0.914 bits per heavy atom. The van der Waals surface area contributed by atoms with Crippen molar-refractivity contribution in [3.05, 3.63) is 11.6 Å². The molecule has 0 bridgehead atoms. The number of allylic oxidation sites excluding steroid dienone is 1. The van der Waals surface area contributed by atoms with E-state index in [1.807, 2.05) is 6.08 Å². The third kappa shape index (κ3) is 5.25. The number of nitrogens with zero attached hydrogens (tertiary/aromatic N) is 2. The highest BCUT2D eigenvalue weighted by Gasteiger charge is 2.55. The number of barbiturate groups is 1. The predicted molar refractivity (Wildman–Crippen MR) is 135 cm³/mol. The second-order valence-corrected chi connectivity index (χ2v) is 11.4. The van der Waals surface area contributed by atoms with Gasteiger partial charge in [0, 0.05) is 12.6 Å². The zero-order valence-corrected chi connectivity index (χ0v) is 21.7. The molecule has 4 rings (SSSR count). The smallest absolute Gasteiger partial charge is 0.302 e. The molecule has 0 aromatic carbocycles. The van der Waals surface area contributed by atoms with Gasteiger partial charge in [0.25, 0.3) is 5.91 Å². The molecule has 3 fully saturated rings. The van der Waals surface area contributed by atoms with Crippen LogP contribution in [0.15, 0.2) is 11.6 Å². The van der Waals surface area contributed by atoms with Crippen LogP contribution in [0.5, 0.6) is 0 Å². The third-order valence-corrected chi connectivity index (χ3v) is 9.00. The molecule has 2 saturated heterocycles. The number of hydrogen-bond acceptors (Lipinski definition) is 5. The van der Waals surface area contributed by atoms with Crippen LogP contribution in [-0.2, 0) is 14.4 Å². The molecule has 35 heavy (non-hydrogen) atoms. The normalized spacial score (nSPS) is 30.9. The van der Waals surface area contributed by atoms with E-state index in [4.69, 9.17) is 0 Å². The Balaban J connectivity index is 1.49. The first-order valence-corrected chi connectivity index (χ1v) is 13.9. The molecule has 2 heterocycles. The summed E-state index contributed by atoms with van der Waals surface area (Å²) in [5.74, 6) is -1.15. The first-order chi connectivity index (χ1) is 16.8. The van der Waals surface area contributed by atoms with Gasteiger partial charge in [0.15, 0.2) is 5.78 Å². The van der Waals surface area contributed by atoms with Crippen LogP contribution < -0.4 is 5.32 Å². The second-order valence-electron chi connectivity index (χ2n) is 11.4. The number of piperidine rings is 1. The lowest BCUT2D eigenvalue weighted by atomic mass is 9.73. The van der Waals surface area contributed by atoms with Gasteiger partial charge >= 0.3 is 6.03 Å². The van der Waals surface area contributed by atoms with E-state index >= 15 is 0 Å². The summed E-state index contributed by atoms with van der Waals surface area (Å²) in [6.45, 7) is 1.36. The molecule has 7 heteroatoms. The fourth-order valence-corrected chi connectivity index (χ4v) is 6.75. The van der Waals surface area contributed by atoms with Crippen LogP contribution in [0.2, 0.25) is 0 Å². The van der Waals surface area contributed by atoms with E-state index in [0.29, 0.717) is 6.42 Å². The SMILES string of the molecule is CN1C(=O)N(CC(=O)C2CCCC3(CCCCCCCCC3)N2)C(=O)C(C)(C2=CCCCC2)C1=O. The van der Waals surface area contributed by atoms with E-state index in [2.05, 4.69) is 5.32 Å². The topological polar surface area (TPSA) is 86.8 Å². The van der Waals surface area contributed by atoms with E-state index in [9.17, 15) is 19.2 Å². The van der Waals surface area contributed by atoms with E-state index < -0.39 is 23.3 Å². The van der Waals surface area contributed by atoms with Gasteiger partial charge in [-0.2, -0.15) is 0 Å². The van der Waals surface area contributed by atoms with Crippen molar-refractivity contribution in [1.82, 2.24) is 15.1 Å². The van der Waals surface area contributed by atoms with E-state index in [0.717, 1.165) is 66.7 Å². The zero-order valence-electron chi connectivity index (χ0n) is 21.7. The maximum Gasteiger partial charge on any atom is 0.333 e. The third-order valence-electron chi connectivity index (χ3n) is 9.00. The minimum Gasteiger partial charge on any atom is -0.302 e. The Morgan fingerprint density at radius 3 is 2.17 bits per heavy atom. The van der Waals surface area contributed by atoms with E-state index in [-0.39, 0.29) is 23.9 Å². The number of imide groups is 2. The molecule has 0 aromatic heterocycles. The van der Waals surface area contributed by atoms with Gasteiger partial charge in [-0.1, -0.05) is 51.0 Å². The summed E-state index contributed by atoms with van der Waals surface area (Å²) in [6, 6.07) is -1.04. The number of urea groups is 1. The largest absolute Gasteiger partial charge is 0.333 e. The maximum absolute atomic E-state index is 13.6. The van der Waals surface area contributed by atoms with Crippen molar-refractivity contribution in [3.63, 3.8) is 0 Å². The molecule has 0 aromatic rings. The number of Topliss-reactive ketones (excluding diaryl/α,β-unsaturated/α-hetero) is 1. The lowest BCUT2D eigenvalue weighted by Gasteiger charge is -2.45. The van der Waals surface area contributed by atoms with Crippen LogP contribution in [0.3, 0.4) is 0 Å². The average molecular weight is 486 g/mol. The number of nitrogens with one attached hydrogen (secondary N) is 1. The molecule has 4 aliphatic rings. The summed E-state index contributed by atoms with van der Waals surface area (Å²) in [5.41, 5.74) is -0.632. The Labute approximate surface area is 210 Å². The molecule has 0 radical (unpaired) electrons. The van der Waals surface area contributed by atoms with Gasteiger partial charge in [0.1, 0.15) is 5.41 Å². The molecular formula is C28H43N3O4. The first kappa shape index (κ1) is 26.1. The molecule has 2 atom stereocenters. The van der Waals surface area contributed by atoms with Crippen molar-refractivity contribution in [3.8, 4) is 0 Å². The summed E-state index contributed by atoms with van der Waals surface area (Å²) < 4.78 is 0. The van der Waals surface area contributed by atoms with Crippen LogP contribution in [0.4, 0.5) is 4.79 Å². The molecule has 4 amide bonds. The quantitative estimate of drug-likeness (QED) is 0.453. The number of amides is 4. The van der Waals surface area contributed by atoms with Gasteiger partial charge in [-0.3, -0.25) is 24.2 Å². The van der Waals surface area contributed by atoms with Gasteiger partial charge in [0.05, 0.1) is 12.6 Å². The molecule has 2 unspecified atom stereocenters. The maximum atomic E-state index is 13.6. The molecule has 194 valence electrons. The Hall–Kier alpha value is -2.02. The van der Waals surface area contributed by atoms with Gasteiger partial charge in [0.2, 0.25) is 5.91 Å². The molecule has 7 nitrogen and oxygen atoms in total. The van der Waals surface area contributed by atoms with Crippen molar-refractivity contribution < 1.29 is 19.2 Å². The van der Waals surface area contributed by atoms with Crippen LogP contribution in [-0.4, -0.2) is 58.6 Å². The van der Waals surface area contributed by atoms with Crippen LogP contribution in [0.25, 0.3) is 0 Å². The number of carbonyl (C=O) groups is 4. The standard InChI is InChI=1S/C28H43N3O4/c1-27(21-14-9-8-10-15-21)24(33)30(2)26(35)31(25(27)34)20-23(32)22-16-13-19-28(29-22)17-11-6-4-3-5-7-12-18-28/h14,22,29H,3-13,15-20H2,1-2H3. The van der Waals surface area contributed by atoms with Crippen molar-refractivity contribution in [1.29, 1.82) is 0 Å². The molecule has 1 N–H and O–H groups in total. The van der Waals surface area contributed by atoms with Crippen molar-refractivity contribution in [2.75, 3.05) is 13.6 Å². The van der Waals surface area contributed by atoms with Crippen LogP contribution in [0.1, 0.15) is 110 Å². The fourth-order valence-electron chi connectivity index (χ4n) is 6.75. The minimum atomic E-state index is -1.40. The number of rotatable bonds is 4. The highest BCUT2D eigenvalue weighted by Crippen LogP contribution is 2.40. The summed E-state index contributed by atoms with van der Waals surface area (Å²) >= 11 is 0. The second kappa shape index (κ2) is 10.9. The molecule has 2 aliphatic heterocycles. The van der Waals surface area contributed by atoms with Crippen LogP contribution >= 0.6 is 0 Å². The highest BCUT2D eigenvalue weighted by atomic mass is 16.2. The Bertz CT molecular complexity index is 871. The van der Waals surface area contributed by atoms with Gasteiger partial charge in [-0.25, -0.2) is 4.79 Å². The van der Waals surface area contributed by atoms with E-state index in [1.165, 1.54) is 52.0 Å². The number of carbonyl (C=O) groups excluding carboxylic acids is 4. The molecule has 1 saturated carbocycles. The summed E-state index contributed by atoms with van der Waals surface area (Å²) in [7, 11) is 1.42. The van der Waals surface area contributed by atoms with Crippen molar-refractivity contribution in [2.24, 2.45) is 5.41 Å². The van der Waals surface area contributed by atoms with E-state index in [1.54, 1.807) is 6.92 Å². The molecule has 2 aliphatic carbocycles. The molecular weight excluding hydrogens is 442 g/mol. The zero-order chi connectivity index (χ0) is 25.1. The summed E-state index contributed by atoms with van der Waals surface area (Å²) in [6.07, 6.45) is 19.2. The average Bonchev–Trinajstić information content (AvgIpc) is 2.88. The summed E-state index contributed by atoms with van der Waals surface area (Å²) in [5, 5.41) is 3.72. The number of hydrogen-bond donors (Lipinski definition) is 1. The lowest BCUT2D eigenvalue weighted by Crippen LogP contribution is -2.65. The predicted octanol–water partition coefficient (Wildman–Crippen LogP) is 4.89. The first-order valence-electron chi connectivity index (χ1n) is 13.9. The lowest BCUT2D eigenvalue weighted by molar-refractivity contribution is -0.155. The van der Waals surface area contributed by atoms with Crippen LogP contribution in [0, 0.1) is 5.41 Å². The summed E-state index contributed by atoms with van der Waals surface area (Å²) in [4.78, 5) is 55.3. The molecule has 1 spiro atoms. The van der Waals surface area contributed by atoms with Gasteiger partial charge in [-0.15, -0.1) is 0 Å².